The van der Waals surface area contributed by atoms with Crippen LogP contribution in [0.3, 0.4) is 0 Å². The minimum Gasteiger partial charge on any atom is -0.508 e. The van der Waals surface area contributed by atoms with Crippen LogP contribution in [-0.2, 0) is 5.41 Å². The molecular formula is C21H29NO2. The molecule has 0 amide bonds. The second-order valence-corrected chi connectivity index (χ2v) is 6.98. The van der Waals surface area contributed by atoms with Crippen molar-refractivity contribution in [1.29, 1.82) is 0 Å². The molecule has 0 spiro atoms. The standard InChI is InChI=1S/C21H29NO2/c1-5-10-16(15-22(3)4)21(2,17-11-6-8-13-19(17)23)18-12-7-9-14-20(18)24/h6-9,11-14,16,23-24H,5,10,15H2,1-4H3. The summed E-state index contributed by atoms with van der Waals surface area (Å²) >= 11 is 0. The minimum absolute atomic E-state index is 0.263. The zero-order chi connectivity index (χ0) is 17.7. The van der Waals surface area contributed by atoms with Gasteiger partial charge in [0.05, 0.1) is 0 Å². The first-order chi connectivity index (χ1) is 11.4. The fourth-order valence-electron chi connectivity index (χ4n) is 3.76. The maximum Gasteiger partial charge on any atom is 0.119 e. The zero-order valence-corrected chi connectivity index (χ0v) is 15.2. The highest BCUT2D eigenvalue weighted by molar-refractivity contribution is 5.51. The van der Waals surface area contributed by atoms with Gasteiger partial charge in [0.1, 0.15) is 11.5 Å². The lowest BCUT2D eigenvalue weighted by Crippen LogP contribution is -2.39. The molecule has 3 heteroatoms. The molecule has 2 aromatic carbocycles. The van der Waals surface area contributed by atoms with E-state index in [0.29, 0.717) is 0 Å². The molecule has 2 N–H and O–H groups in total. The predicted octanol–water partition coefficient (Wildman–Crippen LogP) is 4.38. The van der Waals surface area contributed by atoms with Gasteiger partial charge in [0.2, 0.25) is 0 Å². The number of phenols is 2. The third kappa shape index (κ3) is 3.57. The summed E-state index contributed by atoms with van der Waals surface area (Å²) in [6.07, 6.45) is 2.06. The van der Waals surface area contributed by atoms with Crippen LogP contribution in [-0.4, -0.2) is 35.8 Å². The number of hydrogen-bond acceptors (Lipinski definition) is 3. The van der Waals surface area contributed by atoms with Gasteiger partial charge >= 0.3 is 0 Å². The van der Waals surface area contributed by atoms with Crippen molar-refractivity contribution >= 4 is 0 Å². The van der Waals surface area contributed by atoms with E-state index in [4.69, 9.17) is 0 Å². The molecule has 3 nitrogen and oxygen atoms in total. The second-order valence-electron chi connectivity index (χ2n) is 6.98. The van der Waals surface area contributed by atoms with Gasteiger partial charge in [0.15, 0.2) is 0 Å². The Balaban J connectivity index is 2.69. The summed E-state index contributed by atoms with van der Waals surface area (Å²) in [7, 11) is 4.14. The van der Waals surface area contributed by atoms with Gasteiger partial charge in [-0.05, 0) is 38.6 Å². The summed E-state index contributed by atoms with van der Waals surface area (Å²) in [5.74, 6) is 0.824. The molecule has 0 aliphatic rings. The van der Waals surface area contributed by atoms with Crippen molar-refractivity contribution in [2.24, 2.45) is 5.92 Å². The van der Waals surface area contributed by atoms with Gasteiger partial charge in [0.25, 0.3) is 0 Å². The molecule has 24 heavy (non-hydrogen) atoms. The lowest BCUT2D eigenvalue weighted by molar-refractivity contribution is 0.228. The number of benzene rings is 2. The lowest BCUT2D eigenvalue weighted by atomic mass is 9.65. The smallest absolute Gasteiger partial charge is 0.119 e. The molecule has 0 heterocycles. The lowest BCUT2D eigenvalue weighted by Gasteiger charge is -2.41. The Morgan fingerprint density at radius 3 is 1.75 bits per heavy atom. The molecular weight excluding hydrogens is 298 g/mol. The largest absolute Gasteiger partial charge is 0.508 e. The van der Waals surface area contributed by atoms with Crippen LogP contribution >= 0.6 is 0 Å². The molecule has 0 saturated heterocycles. The Labute approximate surface area is 145 Å². The normalized spacial score (nSPS) is 13.2. The Kier molecular flexibility index (Phi) is 5.89. The summed E-state index contributed by atoms with van der Waals surface area (Å²) in [6, 6.07) is 15.0. The van der Waals surface area contributed by atoms with Gasteiger partial charge in [-0.25, -0.2) is 0 Å². The van der Waals surface area contributed by atoms with Gasteiger partial charge in [0, 0.05) is 23.1 Å². The average Bonchev–Trinajstić information content (AvgIpc) is 2.54. The highest BCUT2D eigenvalue weighted by Gasteiger charge is 2.40. The Morgan fingerprint density at radius 1 is 0.917 bits per heavy atom. The number of aromatic hydroxyl groups is 2. The maximum atomic E-state index is 10.6. The highest BCUT2D eigenvalue weighted by atomic mass is 16.3. The van der Waals surface area contributed by atoms with Crippen molar-refractivity contribution in [2.75, 3.05) is 20.6 Å². The van der Waals surface area contributed by atoms with Crippen LogP contribution in [0.5, 0.6) is 11.5 Å². The van der Waals surface area contributed by atoms with Crippen LogP contribution < -0.4 is 0 Å². The van der Waals surface area contributed by atoms with E-state index in [-0.39, 0.29) is 17.4 Å². The summed E-state index contributed by atoms with van der Waals surface area (Å²) in [5.41, 5.74) is 1.26. The zero-order valence-electron chi connectivity index (χ0n) is 15.2. The fraction of sp³-hybridized carbons (Fsp3) is 0.429. The summed E-state index contributed by atoms with van der Waals surface area (Å²) < 4.78 is 0. The van der Waals surface area contributed by atoms with Crippen molar-refractivity contribution < 1.29 is 10.2 Å². The quantitative estimate of drug-likeness (QED) is 0.793. The number of nitrogens with zero attached hydrogens (tertiary/aromatic N) is 1. The molecule has 1 atom stereocenters. The van der Waals surface area contributed by atoms with Gasteiger partial charge in [-0.15, -0.1) is 0 Å². The SMILES string of the molecule is CCCC(CN(C)C)C(C)(c1ccccc1O)c1ccccc1O. The van der Waals surface area contributed by atoms with Crippen LogP contribution in [0.1, 0.15) is 37.8 Å². The highest BCUT2D eigenvalue weighted by Crippen LogP contribution is 2.47. The molecule has 0 aromatic heterocycles. The van der Waals surface area contributed by atoms with Crippen LogP contribution in [0.4, 0.5) is 0 Å². The Bertz CT molecular complexity index is 621. The Morgan fingerprint density at radius 2 is 1.38 bits per heavy atom. The van der Waals surface area contributed by atoms with E-state index in [1.807, 2.05) is 36.4 Å². The first-order valence-corrected chi connectivity index (χ1v) is 8.62. The monoisotopic (exact) mass is 327 g/mol. The van der Waals surface area contributed by atoms with Crippen molar-refractivity contribution in [1.82, 2.24) is 4.90 Å². The molecule has 2 rings (SSSR count). The molecule has 0 aliphatic carbocycles. The van der Waals surface area contributed by atoms with Crippen molar-refractivity contribution in [3.8, 4) is 11.5 Å². The van der Waals surface area contributed by atoms with Crippen molar-refractivity contribution in [3.05, 3.63) is 59.7 Å². The summed E-state index contributed by atoms with van der Waals surface area (Å²) in [4.78, 5) is 2.18. The van der Waals surface area contributed by atoms with Crippen molar-refractivity contribution in [2.45, 2.75) is 32.1 Å². The number of rotatable bonds is 7. The van der Waals surface area contributed by atoms with Gasteiger partial charge in [-0.1, -0.05) is 56.7 Å². The minimum atomic E-state index is -0.475. The van der Waals surface area contributed by atoms with Crippen LogP contribution in [0.25, 0.3) is 0 Å². The van der Waals surface area contributed by atoms with Gasteiger partial charge < -0.3 is 15.1 Å². The summed E-state index contributed by atoms with van der Waals surface area (Å²) in [5, 5.41) is 21.1. The van der Waals surface area contributed by atoms with Crippen LogP contribution in [0.2, 0.25) is 0 Å². The van der Waals surface area contributed by atoms with E-state index in [2.05, 4.69) is 32.8 Å². The van der Waals surface area contributed by atoms with E-state index in [9.17, 15) is 10.2 Å². The van der Waals surface area contributed by atoms with Crippen molar-refractivity contribution in [3.63, 3.8) is 0 Å². The van der Waals surface area contributed by atoms with E-state index < -0.39 is 5.41 Å². The molecule has 130 valence electrons. The molecule has 2 aromatic rings. The third-order valence-electron chi connectivity index (χ3n) is 4.97. The first kappa shape index (κ1) is 18.3. The van der Waals surface area contributed by atoms with E-state index >= 15 is 0 Å². The number of para-hydroxylation sites is 2. The molecule has 0 radical (unpaired) electrons. The topological polar surface area (TPSA) is 43.7 Å². The molecule has 0 bridgehead atoms. The predicted molar refractivity (Wildman–Crippen MR) is 99.6 cm³/mol. The molecule has 0 aliphatic heterocycles. The second kappa shape index (κ2) is 7.71. The van der Waals surface area contributed by atoms with Gasteiger partial charge in [-0.3, -0.25) is 0 Å². The first-order valence-electron chi connectivity index (χ1n) is 8.62. The van der Waals surface area contributed by atoms with Crippen LogP contribution in [0.15, 0.2) is 48.5 Å². The van der Waals surface area contributed by atoms with E-state index in [0.717, 1.165) is 30.5 Å². The number of phenolic OH excluding ortho intramolecular Hbond substituents is 2. The van der Waals surface area contributed by atoms with Crippen LogP contribution in [0, 0.1) is 5.92 Å². The number of hydrogen-bond donors (Lipinski definition) is 2. The average molecular weight is 327 g/mol. The fourth-order valence-corrected chi connectivity index (χ4v) is 3.76. The van der Waals surface area contributed by atoms with E-state index in [1.165, 1.54) is 0 Å². The maximum absolute atomic E-state index is 10.6. The third-order valence-corrected chi connectivity index (χ3v) is 4.97. The molecule has 0 saturated carbocycles. The molecule has 1 unspecified atom stereocenters. The molecule has 0 fully saturated rings. The van der Waals surface area contributed by atoms with E-state index in [1.54, 1.807) is 12.1 Å². The Hall–Kier alpha value is -2.00. The summed E-state index contributed by atoms with van der Waals surface area (Å²) in [6.45, 7) is 5.20. The van der Waals surface area contributed by atoms with Gasteiger partial charge in [-0.2, -0.15) is 0 Å².